The Labute approximate surface area is 80.2 Å². The molecular weight excluding hydrogens is 226 g/mol. The molecule has 12 heavy (non-hydrogen) atoms. The van der Waals surface area contributed by atoms with Crippen LogP contribution in [0.1, 0.15) is 26.2 Å². The van der Waals surface area contributed by atoms with Gasteiger partial charge in [-0.05, 0) is 18.8 Å². The summed E-state index contributed by atoms with van der Waals surface area (Å²) in [7, 11) is 0. The van der Waals surface area contributed by atoms with Crippen molar-refractivity contribution in [2.24, 2.45) is 5.41 Å². The standard InChI is InChI=1S/C9H13BrF2/c1-7(2)3-8(6-10)4-9(11,12)5-8/h1,3-6H2,2H3. The van der Waals surface area contributed by atoms with Crippen LogP contribution in [0, 0.1) is 5.41 Å². The Morgan fingerprint density at radius 2 is 2.00 bits per heavy atom. The lowest BCUT2D eigenvalue weighted by atomic mass is 9.64. The van der Waals surface area contributed by atoms with Gasteiger partial charge in [0.1, 0.15) is 0 Å². The Morgan fingerprint density at radius 1 is 1.50 bits per heavy atom. The fourth-order valence-corrected chi connectivity index (χ4v) is 2.55. The van der Waals surface area contributed by atoms with E-state index in [1.807, 2.05) is 6.92 Å². The molecule has 1 saturated carbocycles. The van der Waals surface area contributed by atoms with Crippen LogP contribution in [0.15, 0.2) is 12.2 Å². The van der Waals surface area contributed by atoms with Crippen LogP contribution in [0.25, 0.3) is 0 Å². The summed E-state index contributed by atoms with van der Waals surface area (Å²) in [6.45, 7) is 5.64. The van der Waals surface area contributed by atoms with E-state index >= 15 is 0 Å². The zero-order valence-corrected chi connectivity index (χ0v) is 8.76. The van der Waals surface area contributed by atoms with Crippen molar-refractivity contribution in [2.45, 2.75) is 32.1 Å². The monoisotopic (exact) mass is 238 g/mol. The smallest absolute Gasteiger partial charge is 0.207 e. The van der Waals surface area contributed by atoms with Crippen molar-refractivity contribution in [3.8, 4) is 0 Å². The summed E-state index contributed by atoms with van der Waals surface area (Å²) in [6.07, 6.45) is 0.740. The Kier molecular flexibility index (Phi) is 2.62. The highest BCUT2D eigenvalue weighted by Crippen LogP contribution is 2.55. The van der Waals surface area contributed by atoms with Gasteiger partial charge in [0.05, 0.1) is 0 Å². The first kappa shape index (κ1) is 10.2. The molecule has 0 spiro atoms. The lowest BCUT2D eigenvalue weighted by Gasteiger charge is -2.46. The van der Waals surface area contributed by atoms with E-state index in [0.717, 1.165) is 5.57 Å². The number of allylic oxidation sites excluding steroid dienone is 1. The van der Waals surface area contributed by atoms with Crippen LogP contribution in [0.4, 0.5) is 8.78 Å². The third-order valence-electron chi connectivity index (χ3n) is 2.23. The SMILES string of the molecule is C=C(C)CC1(CBr)CC(F)(F)C1. The number of rotatable bonds is 3. The fourth-order valence-electron chi connectivity index (χ4n) is 1.95. The molecule has 0 unspecified atom stereocenters. The molecule has 1 fully saturated rings. The highest BCUT2D eigenvalue weighted by molar-refractivity contribution is 9.09. The Hall–Kier alpha value is 0.0800. The summed E-state index contributed by atoms with van der Waals surface area (Å²) in [4.78, 5) is 0. The summed E-state index contributed by atoms with van der Waals surface area (Å²) in [5.41, 5.74) is 0.778. The zero-order valence-electron chi connectivity index (χ0n) is 7.17. The predicted molar refractivity (Wildman–Crippen MR) is 49.8 cm³/mol. The molecule has 0 atom stereocenters. The second kappa shape index (κ2) is 3.09. The van der Waals surface area contributed by atoms with Gasteiger partial charge in [0.2, 0.25) is 5.92 Å². The lowest BCUT2D eigenvalue weighted by molar-refractivity contribution is -0.150. The first-order valence-corrected chi connectivity index (χ1v) is 5.10. The van der Waals surface area contributed by atoms with Crippen LogP contribution in [0.5, 0.6) is 0 Å². The van der Waals surface area contributed by atoms with E-state index in [4.69, 9.17) is 0 Å². The van der Waals surface area contributed by atoms with Gasteiger partial charge in [-0.2, -0.15) is 0 Å². The van der Waals surface area contributed by atoms with Crippen molar-refractivity contribution in [3.05, 3.63) is 12.2 Å². The summed E-state index contributed by atoms with van der Waals surface area (Å²) in [5, 5.41) is 0.655. The minimum Gasteiger partial charge on any atom is -0.207 e. The van der Waals surface area contributed by atoms with Crippen molar-refractivity contribution in [1.29, 1.82) is 0 Å². The second-order valence-electron chi connectivity index (χ2n) is 3.98. The molecule has 1 aliphatic rings. The number of alkyl halides is 3. The normalized spacial score (nSPS) is 24.7. The minimum atomic E-state index is -2.43. The molecule has 0 aliphatic heterocycles. The first-order valence-electron chi connectivity index (χ1n) is 3.97. The predicted octanol–water partition coefficient (Wildman–Crippen LogP) is 3.76. The maximum absolute atomic E-state index is 12.6. The van der Waals surface area contributed by atoms with Gasteiger partial charge in [-0.25, -0.2) is 8.78 Å². The maximum atomic E-state index is 12.6. The Morgan fingerprint density at radius 3 is 2.25 bits per heavy atom. The number of halogens is 3. The molecule has 1 rings (SSSR count). The van der Waals surface area contributed by atoms with Crippen LogP contribution >= 0.6 is 15.9 Å². The largest absolute Gasteiger partial charge is 0.249 e. The van der Waals surface area contributed by atoms with Gasteiger partial charge in [0.25, 0.3) is 0 Å². The maximum Gasteiger partial charge on any atom is 0.249 e. The molecule has 0 saturated heterocycles. The molecule has 0 radical (unpaired) electrons. The third kappa shape index (κ3) is 2.06. The number of hydrogen-bond donors (Lipinski definition) is 0. The molecule has 0 heterocycles. The van der Waals surface area contributed by atoms with Crippen molar-refractivity contribution >= 4 is 15.9 Å². The van der Waals surface area contributed by atoms with Crippen LogP contribution < -0.4 is 0 Å². The van der Waals surface area contributed by atoms with Crippen molar-refractivity contribution < 1.29 is 8.78 Å². The lowest BCUT2D eigenvalue weighted by Crippen LogP contribution is -2.47. The van der Waals surface area contributed by atoms with Crippen molar-refractivity contribution in [3.63, 3.8) is 0 Å². The first-order chi connectivity index (χ1) is 5.39. The summed E-state index contributed by atoms with van der Waals surface area (Å²) in [5.74, 6) is -2.43. The van der Waals surface area contributed by atoms with E-state index in [1.54, 1.807) is 0 Å². The molecule has 0 bridgehead atoms. The molecule has 3 heteroatoms. The topological polar surface area (TPSA) is 0 Å². The minimum absolute atomic E-state index is 0.0120. The Bertz CT molecular complexity index is 191. The fraction of sp³-hybridized carbons (Fsp3) is 0.778. The van der Waals surface area contributed by atoms with Gasteiger partial charge >= 0.3 is 0 Å². The third-order valence-corrected chi connectivity index (χ3v) is 3.42. The van der Waals surface area contributed by atoms with E-state index in [0.29, 0.717) is 11.8 Å². The highest BCUT2D eigenvalue weighted by Gasteiger charge is 2.55. The van der Waals surface area contributed by atoms with E-state index in [2.05, 4.69) is 22.5 Å². The van der Waals surface area contributed by atoms with Gasteiger partial charge in [0.15, 0.2) is 0 Å². The molecular formula is C9H13BrF2. The van der Waals surface area contributed by atoms with Crippen molar-refractivity contribution in [1.82, 2.24) is 0 Å². The molecule has 0 aromatic rings. The zero-order chi connectivity index (χ0) is 9.41. The summed E-state index contributed by atoms with van der Waals surface area (Å²) in [6, 6.07) is 0. The van der Waals surface area contributed by atoms with E-state index in [9.17, 15) is 8.78 Å². The second-order valence-corrected chi connectivity index (χ2v) is 4.54. The van der Waals surface area contributed by atoms with Gasteiger partial charge < -0.3 is 0 Å². The van der Waals surface area contributed by atoms with Gasteiger partial charge in [-0.15, -0.1) is 6.58 Å². The molecule has 0 aromatic heterocycles. The van der Waals surface area contributed by atoms with Crippen LogP contribution in [0.3, 0.4) is 0 Å². The quantitative estimate of drug-likeness (QED) is 0.519. The molecule has 0 aromatic carbocycles. The van der Waals surface area contributed by atoms with Crippen LogP contribution in [-0.2, 0) is 0 Å². The van der Waals surface area contributed by atoms with Crippen molar-refractivity contribution in [2.75, 3.05) is 5.33 Å². The molecule has 1 aliphatic carbocycles. The van der Waals surface area contributed by atoms with E-state index in [1.165, 1.54) is 0 Å². The molecule has 70 valence electrons. The number of hydrogen-bond acceptors (Lipinski definition) is 0. The molecule has 0 nitrogen and oxygen atoms in total. The van der Waals surface area contributed by atoms with E-state index < -0.39 is 5.92 Å². The highest BCUT2D eigenvalue weighted by atomic mass is 79.9. The summed E-state index contributed by atoms with van der Waals surface area (Å²) < 4.78 is 25.2. The summed E-state index contributed by atoms with van der Waals surface area (Å²) >= 11 is 3.29. The van der Waals surface area contributed by atoms with Gasteiger partial charge in [0, 0.05) is 18.2 Å². The van der Waals surface area contributed by atoms with Gasteiger partial charge in [-0.1, -0.05) is 21.5 Å². The van der Waals surface area contributed by atoms with Crippen LogP contribution in [0.2, 0.25) is 0 Å². The average Bonchev–Trinajstić information content (AvgIpc) is 1.81. The van der Waals surface area contributed by atoms with E-state index in [-0.39, 0.29) is 18.3 Å². The Balaban J connectivity index is 2.53. The van der Waals surface area contributed by atoms with Gasteiger partial charge in [-0.3, -0.25) is 0 Å². The average molecular weight is 239 g/mol. The van der Waals surface area contributed by atoms with Crippen LogP contribution in [-0.4, -0.2) is 11.3 Å². The molecule has 0 N–H and O–H groups in total. The molecule has 0 amide bonds.